The van der Waals surface area contributed by atoms with Gasteiger partial charge in [-0.05, 0) is 30.7 Å². The fourth-order valence-electron chi connectivity index (χ4n) is 2.06. The summed E-state index contributed by atoms with van der Waals surface area (Å²) in [5, 5.41) is 2.89. The number of hydrogen-bond donors (Lipinski definition) is 1. The summed E-state index contributed by atoms with van der Waals surface area (Å²) in [7, 11) is 0. The van der Waals surface area contributed by atoms with E-state index in [1.165, 1.54) is 6.07 Å². The number of pyridine rings is 1. The summed E-state index contributed by atoms with van der Waals surface area (Å²) in [5.41, 5.74) is 0.777. The zero-order valence-corrected chi connectivity index (χ0v) is 10.8. The van der Waals surface area contributed by atoms with Crippen molar-refractivity contribution in [3.63, 3.8) is 0 Å². The van der Waals surface area contributed by atoms with Crippen molar-refractivity contribution in [1.29, 1.82) is 0 Å². The number of benzene rings is 1. The summed E-state index contributed by atoms with van der Waals surface area (Å²) in [5.74, 6) is -0.0572. The quantitative estimate of drug-likeness (QED) is 0.933. The number of aromatic nitrogens is 1. The number of anilines is 2. The molecule has 5 heteroatoms. The van der Waals surface area contributed by atoms with Gasteiger partial charge in [-0.25, -0.2) is 9.37 Å². The highest BCUT2D eigenvalue weighted by molar-refractivity contribution is 5.99. The molecule has 1 aliphatic rings. The molecule has 1 saturated heterocycles. The van der Waals surface area contributed by atoms with Crippen LogP contribution in [0, 0.1) is 5.82 Å². The van der Waals surface area contributed by atoms with Gasteiger partial charge in [0.15, 0.2) is 0 Å². The van der Waals surface area contributed by atoms with Crippen LogP contribution in [0.5, 0.6) is 0 Å². The van der Waals surface area contributed by atoms with Crippen molar-refractivity contribution in [2.45, 2.75) is 6.42 Å². The van der Waals surface area contributed by atoms with Crippen LogP contribution in [0.4, 0.5) is 15.9 Å². The van der Waals surface area contributed by atoms with Gasteiger partial charge < -0.3 is 10.2 Å². The molecular formula is C15H14FN3O. The van der Waals surface area contributed by atoms with Gasteiger partial charge in [-0.3, -0.25) is 4.79 Å². The van der Waals surface area contributed by atoms with Crippen molar-refractivity contribution in [3.8, 4) is 0 Å². The molecule has 20 heavy (non-hydrogen) atoms. The van der Waals surface area contributed by atoms with E-state index in [1.807, 2.05) is 0 Å². The molecule has 0 spiro atoms. The van der Waals surface area contributed by atoms with Crippen LogP contribution < -0.4 is 5.32 Å². The third kappa shape index (κ3) is 2.34. The molecule has 2 aromatic rings. The first-order valence-electron chi connectivity index (χ1n) is 6.51. The van der Waals surface area contributed by atoms with Gasteiger partial charge in [-0.2, -0.15) is 0 Å². The Kier molecular flexibility index (Phi) is 3.33. The number of likely N-dealkylation sites (tertiary alicyclic amines) is 1. The predicted octanol–water partition coefficient (Wildman–Crippen LogP) is 2.81. The topological polar surface area (TPSA) is 45.2 Å². The minimum atomic E-state index is -0.375. The number of amides is 1. The van der Waals surface area contributed by atoms with Crippen LogP contribution in [0.3, 0.4) is 0 Å². The van der Waals surface area contributed by atoms with Crippen molar-refractivity contribution >= 4 is 17.4 Å². The maximum atomic E-state index is 13.7. The molecule has 0 aliphatic carbocycles. The van der Waals surface area contributed by atoms with E-state index >= 15 is 0 Å². The minimum Gasteiger partial charge on any atom is -0.338 e. The highest BCUT2D eigenvalue weighted by Gasteiger charge is 2.24. The highest BCUT2D eigenvalue weighted by Crippen LogP contribution is 2.23. The third-order valence-corrected chi connectivity index (χ3v) is 3.31. The molecule has 0 radical (unpaired) electrons. The number of hydrogen-bond acceptors (Lipinski definition) is 3. The summed E-state index contributed by atoms with van der Waals surface area (Å²) in [4.78, 5) is 18.2. The van der Waals surface area contributed by atoms with Gasteiger partial charge in [-0.1, -0.05) is 12.1 Å². The first kappa shape index (κ1) is 12.6. The molecule has 1 aliphatic heterocycles. The number of nitrogens with one attached hydrogen (secondary N) is 1. The lowest BCUT2D eigenvalue weighted by atomic mass is 10.1. The van der Waals surface area contributed by atoms with Gasteiger partial charge >= 0.3 is 0 Å². The maximum Gasteiger partial charge on any atom is 0.257 e. The van der Waals surface area contributed by atoms with Crippen LogP contribution in [-0.2, 0) is 0 Å². The first-order chi connectivity index (χ1) is 9.75. The van der Waals surface area contributed by atoms with E-state index in [0.29, 0.717) is 17.1 Å². The Hall–Kier alpha value is -2.43. The highest BCUT2D eigenvalue weighted by atomic mass is 19.1. The summed E-state index contributed by atoms with van der Waals surface area (Å²) in [6.07, 6.45) is 2.61. The largest absolute Gasteiger partial charge is 0.338 e. The van der Waals surface area contributed by atoms with Gasteiger partial charge in [0.25, 0.3) is 5.91 Å². The minimum absolute atomic E-state index is 0.0665. The van der Waals surface area contributed by atoms with Gasteiger partial charge in [0.2, 0.25) is 0 Å². The predicted molar refractivity (Wildman–Crippen MR) is 74.4 cm³/mol. The normalized spacial score (nSPS) is 13.8. The van der Waals surface area contributed by atoms with E-state index in [4.69, 9.17) is 0 Å². The summed E-state index contributed by atoms with van der Waals surface area (Å²) < 4.78 is 13.7. The molecule has 4 nitrogen and oxygen atoms in total. The lowest BCUT2D eigenvalue weighted by Gasteiger charge is -2.31. The SMILES string of the molecule is O=C(c1cccnc1Nc1ccccc1F)N1CCC1. The Morgan fingerprint density at radius 2 is 2.00 bits per heavy atom. The fraction of sp³-hybridized carbons (Fsp3) is 0.200. The average molecular weight is 271 g/mol. The van der Waals surface area contributed by atoms with Crippen molar-refractivity contribution < 1.29 is 9.18 Å². The van der Waals surface area contributed by atoms with Crippen LogP contribution in [0.15, 0.2) is 42.6 Å². The van der Waals surface area contributed by atoms with Crippen LogP contribution in [0.25, 0.3) is 0 Å². The molecule has 1 N–H and O–H groups in total. The van der Waals surface area contributed by atoms with Crippen LogP contribution in [0.1, 0.15) is 16.8 Å². The molecule has 0 saturated carbocycles. The molecule has 1 aromatic heterocycles. The van der Waals surface area contributed by atoms with Crippen molar-refractivity contribution in [2.24, 2.45) is 0 Å². The zero-order valence-electron chi connectivity index (χ0n) is 10.8. The van der Waals surface area contributed by atoms with Gasteiger partial charge in [0, 0.05) is 19.3 Å². The molecular weight excluding hydrogens is 257 g/mol. The van der Waals surface area contributed by atoms with Crippen LogP contribution in [0.2, 0.25) is 0 Å². The first-order valence-corrected chi connectivity index (χ1v) is 6.51. The molecule has 0 atom stereocenters. The maximum absolute atomic E-state index is 13.7. The van der Waals surface area contributed by atoms with Gasteiger partial charge in [0.1, 0.15) is 11.6 Å². The number of para-hydroxylation sites is 1. The number of carbonyl (C=O) groups is 1. The average Bonchev–Trinajstić information content (AvgIpc) is 2.40. The summed E-state index contributed by atoms with van der Waals surface area (Å²) in [6.45, 7) is 1.54. The van der Waals surface area contributed by atoms with Gasteiger partial charge in [0.05, 0.1) is 11.3 Å². The molecule has 2 heterocycles. The number of rotatable bonds is 3. The van der Waals surface area contributed by atoms with Crippen LogP contribution in [-0.4, -0.2) is 28.9 Å². The Morgan fingerprint density at radius 1 is 1.20 bits per heavy atom. The molecule has 1 amide bonds. The zero-order chi connectivity index (χ0) is 13.9. The summed E-state index contributed by atoms with van der Waals surface area (Å²) in [6, 6.07) is 9.73. The number of carbonyl (C=O) groups excluding carboxylic acids is 1. The lowest BCUT2D eigenvalue weighted by Crippen LogP contribution is -2.42. The van der Waals surface area contributed by atoms with E-state index in [-0.39, 0.29) is 11.7 Å². The Labute approximate surface area is 116 Å². The van der Waals surface area contributed by atoms with Crippen molar-refractivity contribution in [3.05, 3.63) is 54.0 Å². The molecule has 0 unspecified atom stereocenters. The van der Waals surface area contributed by atoms with Gasteiger partial charge in [-0.15, -0.1) is 0 Å². The smallest absolute Gasteiger partial charge is 0.257 e. The second-order valence-corrected chi connectivity index (χ2v) is 4.65. The van der Waals surface area contributed by atoms with E-state index in [0.717, 1.165) is 19.5 Å². The van der Waals surface area contributed by atoms with Crippen molar-refractivity contribution in [1.82, 2.24) is 9.88 Å². The molecule has 3 rings (SSSR count). The Balaban J connectivity index is 1.90. The standard InChI is InChI=1S/C15H14FN3O/c16-12-6-1-2-7-13(12)18-14-11(5-3-8-17-14)15(20)19-9-4-10-19/h1-3,5-8H,4,9-10H2,(H,17,18). The second kappa shape index (κ2) is 5.28. The third-order valence-electron chi connectivity index (χ3n) is 3.31. The molecule has 1 fully saturated rings. The monoisotopic (exact) mass is 271 g/mol. The fourth-order valence-corrected chi connectivity index (χ4v) is 2.06. The molecule has 0 bridgehead atoms. The lowest BCUT2D eigenvalue weighted by molar-refractivity contribution is 0.0652. The van der Waals surface area contributed by atoms with E-state index in [2.05, 4.69) is 10.3 Å². The van der Waals surface area contributed by atoms with E-state index in [1.54, 1.807) is 41.4 Å². The van der Waals surface area contributed by atoms with Crippen molar-refractivity contribution in [2.75, 3.05) is 18.4 Å². The molecule has 1 aromatic carbocycles. The summed E-state index contributed by atoms with van der Waals surface area (Å²) >= 11 is 0. The number of nitrogens with zero attached hydrogens (tertiary/aromatic N) is 2. The second-order valence-electron chi connectivity index (χ2n) is 4.65. The molecule has 102 valence electrons. The Bertz CT molecular complexity index is 641. The number of halogens is 1. The van der Waals surface area contributed by atoms with E-state index in [9.17, 15) is 9.18 Å². The Morgan fingerprint density at radius 3 is 2.70 bits per heavy atom. The van der Waals surface area contributed by atoms with E-state index < -0.39 is 0 Å². The van der Waals surface area contributed by atoms with Crippen LogP contribution >= 0.6 is 0 Å².